The Kier molecular flexibility index (Phi) is 48.6. The van der Waals surface area contributed by atoms with E-state index in [0.29, 0.717) is 19.3 Å². The van der Waals surface area contributed by atoms with Crippen LogP contribution in [-0.4, -0.2) is 37.2 Å². The largest absolute Gasteiger partial charge is 0.462 e. The summed E-state index contributed by atoms with van der Waals surface area (Å²) in [5, 5.41) is 0. The summed E-state index contributed by atoms with van der Waals surface area (Å²) in [6.45, 7) is 11.4. The lowest BCUT2D eigenvalue weighted by atomic mass is 9.99. The molecule has 0 rings (SSSR count). The molecule has 0 aliphatic carbocycles. The monoisotopic (exact) mass is 891 g/mol. The Hall–Kier alpha value is -1.59. The molecule has 6 heteroatoms. The van der Waals surface area contributed by atoms with E-state index in [1.54, 1.807) is 0 Å². The minimum absolute atomic E-state index is 0.0633. The highest BCUT2D eigenvalue weighted by Gasteiger charge is 2.19. The Labute approximate surface area is 393 Å². The highest BCUT2D eigenvalue weighted by molar-refractivity contribution is 5.71. The fourth-order valence-electron chi connectivity index (χ4n) is 8.66. The molecule has 6 nitrogen and oxygen atoms in total. The summed E-state index contributed by atoms with van der Waals surface area (Å²) >= 11 is 0. The molecule has 0 aromatic rings. The van der Waals surface area contributed by atoms with E-state index in [9.17, 15) is 14.4 Å². The number of ether oxygens (including phenoxy) is 3. The molecular weight excluding hydrogens is 781 g/mol. The minimum Gasteiger partial charge on any atom is -0.462 e. The van der Waals surface area contributed by atoms with Crippen molar-refractivity contribution in [1.82, 2.24) is 0 Å². The average Bonchev–Trinajstić information content (AvgIpc) is 3.27. The van der Waals surface area contributed by atoms with Crippen LogP contribution in [0.2, 0.25) is 0 Å². The predicted octanol–water partition coefficient (Wildman–Crippen LogP) is 18.5. The molecule has 1 unspecified atom stereocenters. The summed E-state index contributed by atoms with van der Waals surface area (Å²) in [6, 6.07) is 0. The van der Waals surface area contributed by atoms with Gasteiger partial charge in [-0.05, 0) is 31.1 Å². The first kappa shape index (κ1) is 61.4. The molecule has 0 N–H and O–H groups in total. The molecule has 0 heterocycles. The van der Waals surface area contributed by atoms with Gasteiger partial charge in [-0.15, -0.1) is 0 Å². The summed E-state index contributed by atoms with van der Waals surface area (Å²) in [5.41, 5.74) is 0. The van der Waals surface area contributed by atoms with Crippen LogP contribution in [0.5, 0.6) is 0 Å². The van der Waals surface area contributed by atoms with E-state index in [1.165, 1.54) is 205 Å². The van der Waals surface area contributed by atoms with Crippen LogP contribution in [0, 0.1) is 11.8 Å². The number of unbranched alkanes of at least 4 members (excludes halogenated alkanes) is 35. The van der Waals surface area contributed by atoms with Gasteiger partial charge in [0.15, 0.2) is 6.10 Å². The van der Waals surface area contributed by atoms with Crippen molar-refractivity contribution in [2.75, 3.05) is 13.2 Å². The smallest absolute Gasteiger partial charge is 0.306 e. The molecule has 0 saturated carbocycles. The zero-order chi connectivity index (χ0) is 46.1. The first-order chi connectivity index (χ1) is 30.8. The van der Waals surface area contributed by atoms with Crippen LogP contribution in [0.25, 0.3) is 0 Å². The lowest BCUT2D eigenvalue weighted by Gasteiger charge is -2.18. The van der Waals surface area contributed by atoms with Crippen molar-refractivity contribution in [3.63, 3.8) is 0 Å². The maximum absolute atomic E-state index is 12.8. The lowest BCUT2D eigenvalue weighted by Crippen LogP contribution is -2.30. The third kappa shape index (κ3) is 49.7. The molecule has 0 aromatic heterocycles. The van der Waals surface area contributed by atoms with Crippen molar-refractivity contribution in [3.8, 4) is 0 Å². The molecule has 0 fully saturated rings. The Morgan fingerprint density at radius 1 is 0.333 bits per heavy atom. The predicted molar refractivity (Wildman–Crippen MR) is 270 cm³/mol. The van der Waals surface area contributed by atoms with E-state index in [4.69, 9.17) is 14.2 Å². The van der Waals surface area contributed by atoms with Crippen molar-refractivity contribution in [3.05, 3.63) is 0 Å². The van der Waals surface area contributed by atoms with Gasteiger partial charge < -0.3 is 14.2 Å². The Morgan fingerprint density at radius 2 is 0.603 bits per heavy atom. The van der Waals surface area contributed by atoms with Crippen LogP contribution in [0.3, 0.4) is 0 Å². The van der Waals surface area contributed by atoms with E-state index in [1.807, 2.05) is 0 Å². The van der Waals surface area contributed by atoms with Crippen LogP contribution in [0.1, 0.15) is 317 Å². The molecule has 2 atom stereocenters. The van der Waals surface area contributed by atoms with Crippen molar-refractivity contribution < 1.29 is 28.6 Å². The Bertz CT molecular complexity index is 964. The first-order valence-corrected chi connectivity index (χ1v) is 28.3. The second-order valence-electron chi connectivity index (χ2n) is 20.3. The molecule has 0 aliphatic rings. The van der Waals surface area contributed by atoms with E-state index >= 15 is 0 Å². The molecule has 0 saturated heterocycles. The fraction of sp³-hybridized carbons (Fsp3) is 0.947. The normalized spacial score (nSPS) is 12.5. The fourth-order valence-corrected chi connectivity index (χ4v) is 8.66. The summed E-state index contributed by atoms with van der Waals surface area (Å²) in [6.07, 6.45) is 52.3. The zero-order valence-electron chi connectivity index (χ0n) is 43.2. The number of esters is 3. The Balaban J connectivity index is 4.26. The summed E-state index contributed by atoms with van der Waals surface area (Å²) < 4.78 is 16.9. The average molecular weight is 892 g/mol. The van der Waals surface area contributed by atoms with Crippen LogP contribution < -0.4 is 0 Å². The van der Waals surface area contributed by atoms with Gasteiger partial charge in [-0.1, -0.05) is 279 Å². The molecule has 0 bridgehead atoms. The van der Waals surface area contributed by atoms with Crippen molar-refractivity contribution in [2.24, 2.45) is 11.8 Å². The van der Waals surface area contributed by atoms with Gasteiger partial charge in [-0.2, -0.15) is 0 Å². The van der Waals surface area contributed by atoms with Gasteiger partial charge in [0.25, 0.3) is 0 Å². The van der Waals surface area contributed by atoms with Crippen molar-refractivity contribution in [2.45, 2.75) is 323 Å². The number of carbonyl (C=O) groups is 3. The molecular formula is C57H110O6. The molecule has 374 valence electrons. The van der Waals surface area contributed by atoms with Gasteiger partial charge in [-0.25, -0.2) is 0 Å². The quantitative estimate of drug-likeness (QED) is 0.0344. The Morgan fingerprint density at radius 3 is 0.905 bits per heavy atom. The highest BCUT2D eigenvalue weighted by atomic mass is 16.6. The van der Waals surface area contributed by atoms with Gasteiger partial charge in [0.1, 0.15) is 13.2 Å². The standard InChI is InChI=1S/C57H110O6/c1-6-8-9-10-11-12-13-14-20-23-26-32-37-42-47-55(58)61-50-54(63-57(60)49-44-39-34-29-28-31-36-41-46-53(5)7-2)51-62-56(59)48-43-38-33-27-24-21-18-16-15-17-19-22-25-30-35-40-45-52(3)4/h52-54H,6-51H2,1-5H3/t53?,54-/m0/s1. The summed E-state index contributed by atoms with van der Waals surface area (Å²) in [7, 11) is 0. The molecule has 0 spiro atoms. The van der Waals surface area contributed by atoms with Crippen LogP contribution in [0.4, 0.5) is 0 Å². The van der Waals surface area contributed by atoms with Crippen LogP contribution in [0.15, 0.2) is 0 Å². The molecule has 0 amide bonds. The minimum atomic E-state index is -0.762. The summed E-state index contributed by atoms with van der Waals surface area (Å²) in [5.74, 6) is 0.855. The number of rotatable bonds is 51. The molecule has 0 aliphatic heterocycles. The first-order valence-electron chi connectivity index (χ1n) is 28.3. The van der Waals surface area contributed by atoms with Crippen LogP contribution in [-0.2, 0) is 28.6 Å². The third-order valence-electron chi connectivity index (χ3n) is 13.3. The maximum atomic E-state index is 12.8. The molecule has 0 radical (unpaired) electrons. The van der Waals surface area contributed by atoms with Crippen molar-refractivity contribution in [1.29, 1.82) is 0 Å². The number of hydrogen-bond acceptors (Lipinski definition) is 6. The number of carbonyl (C=O) groups excluding carboxylic acids is 3. The van der Waals surface area contributed by atoms with Gasteiger partial charge in [0.05, 0.1) is 0 Å². The number of hydrogen-bond donors (Lipinski definition) is 0. The van der Waals surface area contributed by atoms with Gasteiger partial charge in [-0.3, -0.25) is 14.4 Å². The van der Waals surface area contributed by atoms with Gasteiger partial charge >= 0.3 is 17.9 Å². The molecule has 0 aromatic carbocycles. The van der Waals surface area contributed by atoms with Crippen molar-refractivity contribution >= 4 is 17.9 Å². The van der Waals surface area contributed by atoms with E-state index in [-0.39, 0.29) is 31.1 Å². The lowest BCUT2D eigenvalue weighted by molar-refractivity contribution is -0.167. The third-order valence-corrected chi connectivity index (χ3v) is 13.3. The highest BCUT2D eigenvalue weighted by Crippen LogP contribution is 2.18. The summed E-state index contributed by atoms with van der Waals surface area (Å²) in [4.78, 5) is 38.1. The van der Waals surface area contributed by atoms with E-state index in [0.717, 1.165) is 69.6 Å². The van der Waals surface area contributed by atoms with Crippen LogP contribution >= 0.6 is 0 Å². The van der Waals surface area contributed by atoms with Gasteiger partial charge in [0.2, 0.25) is 0 Å². The second kappa shape index (κ2) is 49.8. The van der Waals surface area contributed by atoms with Gasteiger partial charge in [0, 0.05) is 19.3 Å². The second-order valence-corrected chi connectivity index (χ2v) is 20.3. The maximum Gasteiger partial charge on any atom is 0.306 e. The SMILES string of the molecule is CCCCCCCCCCCCCCCCC(=O)OC[C@@H](COC(=O)CCCCCCCCCCCCCCCCCCC(C)C)OC(=O)CCCCCCCCCCC(C)CC. The molecule has 63 heavy (non-hydrogen) atoms. The topological polar surface area (TPSA) is 78.9 Å². The zero-order valence-corrected chi connectivity index (χ0v) is 43.2. The van der Waals surface area contributed by atoms with E-state index < -0.39 is 6.10 Å². The van der Waals surface area contributed by atoms with E-state index in [2.05, 4.69) is 34.6 Å².